The molecule has 5 heteroatoms. The van der Waals surface area contributed by atoms with E-state index in [1.165, 1.54) is 6.33 Å². The van der Waals surface area contributed by atoms with E-state index in [-0.39, 0.29) is 5.91 Å². The summed E-state index contributed by atoms with van der Waals surface area (Å²) in [6.07, 6.45) is 1.49. The minimum atomic E-state index is -0.261. The molecular weight excluding hydrogens is 250 g/mol. The Bertz CT molecular complexity index is 581. The topological polar surface area (TPSA) is 57.8 Å². The number of rotatable bonds is 2. The van der Waals surface area contributed by atoms with E-state index in [1.54, 1.807) is 6.92 Å². The van der Waals surface area contributed by atoms with Gasteiger partial charge in [0, 0.05) is 5.69 Å². The number of hydrogen-bond acceptors (Lipinski definition) is 2. The fraction of sp³-hybridized carbons (Fsp3) is 0.231. The van der Waals surface area contributed by atoms with Crippen LogP contribution in [0.3, 0.4) is 0 Å². The molecular formula is C13H14ClN3O. The molecule has 0 aliphatic carbocycles. The molecule has 1 aromatic heterocycles. The minimum absolute atomic E-state index is 0.261. The molecule has 94 valence electrons. The number of nitrogens with zero attached hydrogens (tertiary/aromatic N) is 1. The van der Waals surface area contributed by atoms with E-state index in [4.69, 9.17) is 11.6 Å². The summed E-state index contributed by atoms with van der Waals surface area (Å²) < 4.78 is 0. The highest BCUT2D eigenvalue weighted by atomic mass is 35.5. The van der Waals surface area contributed by atoms with E-state index < -0.39 is 0 Å². The normalized spacial score (nSPS) is 10.4. The van der Waals surface area contributed by atoms with Gasteiger partial charge in [0.2, 0.25) is 0 Å². The zero-order valence-corrected chi connectivity index (χ0v) is 11.2. The van der Waals surface area contributed by atoms with Crippen LogP contribution < -0.4 is 5.32 Å². The van der Waals surface area contributed by atoms with Gasteiger partial charge in [-0.3, -0.25) is 4.79 Å². The van der Waals surface area contributed by atoms with Crippen LogP contribution in [0.1, 0.15) is 27.3 Å². The summed E-state index contributed by atoms with van der Waals surface area (Å²) in [5.41, 5.74) is 3.74. The van der Waals surface area contributed by atoms with Crippen molar-refractivity contribution in [2.24, 2.45) is 0 Å². The lowest BCUT2D eigenvalue weighted by atomic mass is 10.1. The van der Waals surface area contributed by atoms with Gasteiger partial charge in [-0.2, -0.15) is 0 Å². The second kappa shape index (κ2) is 4.82. The van der Waals surface area contributed by atoms with E-state index in [2.05, 4.69) is 15.3 Å². The third kappa shape index (κ3) is 2.38. The van der Waals surface area contributed by atoms with Crippen molar-refractivity contribution in [3.8, 4) is 0 Å². The van der Waals surface area contributed by atoms with Gasteiger partial charge in [-0.05, 0) is 38.0 Å². The number of carbonyl (C=O) groups excluding carboxylic acids is 1. The van der Waals surface area contributed by atoms with Gasteiger partial charge >= 0.3 is 0 Å². The molecule has 2 aromatic rings. The Balaban J connectivity index is 2.31. The number of carbonyl (C=O) groups is 1. The fourth-order valence-corrected chi connectivity index (χ4v) is 2.20. The number of nitrogens with one attached hydrogen (secondary N) is 2. The van der Waals surface area contributed by atoms with Crippen LogP contribution >= 0.6 is 11.6 Å². The van der Waals surface area contributed by atoms with Gasteiger partial charge in [0.25, 0.3) is 5.91 Å². The maximum Gasteiger partial charge on any atom is 0.276 e. The first-order valence-electron chi connectivity index (χ1n) is 5.57. The Kier molecular flexibility index (Phi) is 3.39. The quantitative estimate of drug-likeness (QED) is 0.874. The van der Waals surface area contributed by atoms with E-state index in [1.807, 2.05) is 26.0 Å². The van der Waals surface area contributed by atoms with Crippen LogP contribution in [0.4, 0.5) is 5.69 Å². The average Bonchev–Trinajstić information content (AvgIpc) is 2.69. The number of aromatic nitrogens is 2. The molecule has 0 radical (unpaired) electrons. The third-order valence-electron chi connectivity index (χ3n) is 2.72. The van der Waals surface area contributed by atoms with Crippen LogP contribution in [-0.4, -0.2) is 15.9 Å². The number of anilines is 1. The zero-order valence-electron chi connectivity index (χ0n) is 10.5. The number of aryl methyl sites for hydroxylation is 3. The first-order valence-corrected chi connectivity index (χ1v) is 5.95. The van der Waals surface area contributed by atoms with Gasteiger partial charge in [0.05, 0.1) is 17.0 Å². The Morgan fingerprint density at radius 2 is 2.06 bits per heavy atom. The SMILES string of the molecule is Cc1cc(C)c(NC(=O)c2nc[nH]c2C)c(Cl)c1. The number of hydrogen-bond donors (Lipinski definition) is 2. The molecule has 2 N–H and O–H groups in total. The largest absolute Gasteiger partial charge is 0.348 e. The molecule has 2 rings (SSSR count). The Hall–Kier alpha value is -1.81. The highest BCUT2D eigenvalue weighted by Crippen LogP contribution is 2.27. The van der Waals surface area contributed by atoms with E-state index in [0.29, 0.717) is 16.4 Å². The van der Waals surface area contributed by atoms with Gasteiger partial charge in [-0.25, -0.2) is 4.98 Å². The summed E-state index contributed by atoms with van der Waals surface area (Å²) in [6.45, 7) is 5.67. The summed E-state index contributed by atoms with van der Waals surface area (Å²) in [5, 5.41) is 3.33. The lowest BCUT2D eigenvalue weighted by Crippen LogP contribution is -2.15. The lowest BCUT2D eigenvalue weighted by molar-refractivity contribution is 0.102. The summed E-state index contributed by atoms with van der Waals surface area (Å²) in [7, 11) is 0. The van der Waals surface area contributed by atoms with Crippen LogP contribution in [0.2, 0.25) is 5.02 Å². The fourth-order valence-electron chi connectivity index (χ4n) is 1.83. The van der Waals surface area contributed by atoms with Crippen molar-refractivity contribution in [1.29, 1.82) is 0 Å². The minimum Gasteiger partial charge on any atom is -0.348 e. The zero-order chi connectivity index (χ0) is 13.3. The van der Waals surface area contributed by atoms with E-state index in [0.717, 1.165) is 16.8 Å². The van der Waals surface area contributed by atoms with E-state index >= 15 is 0 Å². The van der Waals surface area contributed by atoms with Crippen LogP contribution in [0.15, 0.2) is 18.5 Å². The number of amides is 1. The van der Waals surface area contributed by atoms with Crippen molar-refractivity contribution in [1.82, 2.24) is 9.97 Å². The molecule has 0 spiro atoms. The number of aromatic amines is 1. The third-order valence-corrected chi connectivity index (χ3v) is 3.01. The van der Waals surface area contributed by atoms with Crippen LogP contribution in [0.25, 0.3) is 0 Å². The first-order chi connectivity index (χ1) is 8.49. The van der Waals surface area contributed by atoms with Crippen LogP contribution in [-0.2, 0) is 0 Å². The molecule has 0 bridgehead atoms. The second-order valence-electron chi connectivity index (χ2n) is 4.27. The molecule has 0 saturated heterocycles. The Labute approximate surface area is 110 Å². The van der Waals surface area contributed by atoms with Crippen molar-refractivity contribution >= 4 is 23.2 Å². The monoisotopic (exact) mass is 263 g/mol. The predicted molar refractivity (Wildman–Crippen MR) is 72.2 cm³/mol. The molecule has 0 unspecified atom stereocenters. The predicted octanol–water partition coefficient (Wildman–Crippen LogP) is 3.24. The molecule has 1 heterocycles. The molecule has 18 heavy (non-hydrogen) atoms. The molecule has 1 amide bonds. The average molecular weight is 264 g/mol. The number of imidazole rings is 1. The van der Waals surface area contributed by atoms with Crippen molar-refractivity contribution in [2.75, 3.05) is 5.32 Å². The number of benzene rings is 1. The van der Waals surface area contributed by atoms with Gasteiger partial charge < -0.3 is 10.3 Å². The summed E-state index contributed by atoms with van der Waals surface area (Å²) >= 11 is 6.14. The molecule has 0 aliphatic heterocycles. The van der Waals surface area contributed by atoms with Gasteiger partial charge in [0.15, 0.2) is 0 Å². The summed E-state index contributed by atoms with van der Waals surface area (Å²) in [5.74, 6) is -0.261. The molecule has 4 nitrogen and oxygen atoms in total. The molecule has 0 atom stereocenters. The maximum absolute atomic E-state index is 12.0. The lowest BCUT2D eigenvalue weighted by Gasteiger charge is -2.10. The van der Waals surface area contributed by atoms with Crippen molar-refractivity contribution in [3.63, 3.8) is 0 Å². The smallest absolute Gasteiger partial charge is 0.276 e. The number of H-pyrrole nitrogens is 1. The summed E-state index contributed by atoms with van der Waals surface area (Å²) in [6, 6.07) is 3.79. The molecule has 1 aromatic carbocycles. The Morgan fingerprint density at radius 3 is 2.61 bits per heavy atom. The highest BCUT2D eigenvalue weighted by Gasteiger charge is 2.14. The molecule has 0 fully saturated rings. The van der Waals surface area contributed by atoms with Gasteiger partial charge in [-0.15, -0.1) is 0 Å². The Morgan fingerprint density at radius 1 is 1.33 bits per heavy atom. The first kappa shape index (κ1) is 12.6. The second-order valence-corrected chi connectivity index (χ2v) is 4.68. The highest BCUT2D eigenvalue weighted by molar-refractivity contribution is 6.34. The molecule has 0 aliphatic rings. The number of halogens is 1. The maximum atomic E-state index is 12.0. The van der Waals surface area contributed by atoms with Crippen LogP contribution in [0.5, 0.6) is 0 Å². The van der Waals surface area contributed by atoms with Crippen molar-refractivity contribution in [2.45, 2.75) is 20.8 Å². The van der Waals surface area contributed by atoms with Gasteiger partial charge in [-0.1, -0.05) is 17.7 Å². The van der Waals surface area contributed by atoms with E-state index in [9.17, 15) is 4.79 Å². The van der Waals surface area contributed by atoms with Crippen LogP contribution in [0, 0.1) is 20.8 Å². The standard InChI is InChI=1S/C13H14ClN3O/c1-7-4-8(2)11(10(14)5-7)17-13(18)12-9(3)15-6-16-12/h4-6H,1-3H3,(H,15,16)(H,17,18). The van der Waals surface area contributed by atoms with Crippen molar-refractivity contribution in [3.05, 3.63) is 46.0 Å². The summed E-state index contributed by atoms with van der Waals surface area (Å²) in [4.78, 5) is 18.9. The van der Waals surface area contributed by atoms with Gasteiger partial charge in [0.1, 0.15) is 5.69 Å². The van der Waals surface area contributed by atoms with Crippen molar-refractivity contribution < 1.29 is 4.79 Å². The molecule has 0 saturated carbocycles.